The first kappa shape index (κ1) is 25.6. The number of phenolic OH excluding ortho intramolecular Hbond substituents is 1. The number of phenols is 1. The number of aromatic hydroxyl groups is 1. The summed E-state index contributed by atoms with van der Waals surface area (Å²) >= 11 is 6.29. The highest BCUT2D eigenvalue weighted by Crippen LogP contribution is 2.34. The van der Waals surface area contributed by atoms with Crippen LogP contribution in [-0.2, 0) is 16.1 Å². The molecule has 0 saturated carbocycles. The summed E-state index contributed by atoms with van der Waals surface area (Å²) in [6.07, 6.45) is 0.396. The molecule has 2 heterocycles. The standard InChI is InChI=1S/C29H28ClN3O5/c1-37-25-11-8-17(12-24(25)34)15-33-16-20(14-23(33)29(36)38-2)31-28(35)27-26(18-6-4-3-5-7-18)21-13-19(30)9-10-22(21)32-27/h3-13,20,23,32,34H,14-16H2,1-2H3,(H,31,35)/t20-,23+/m1/s1. The summed E-state index contributed by atoms with van der Waals surface area (Å²) in [5.74, 6) is -0.242. The van der Waals surface area contributed by atoms with Crippen molar-refractivity contribution >= 4 is 34.4 Å². The van der Waals surface area contributed by atoms with E-state index in [0.29, 0.717) is 36.0 Å². The molecule has 2 atom stereocenters. The van der Waals surface area contributed by atoms with Crippen LogP contribution in [0.15, 0.2) is 66.7 Å². The van der Waals surface area contributed by atoms with Gasteiger partial charge in [0.25, 0.3) is 5.91 Å². The van der Waals surface area contributed by atoms with Crippen LogP contribution in [0.25, 0.3) is 22.0 Å². The molecule has 9 heteroatoms. The molecule has 0 spiro atoms. The summed E-state index contributed by atoms with van der Waals surface area (Å²) in [4.78, 5) is 31.4. The number of likely N-dealkylation sites (tertiary alicyclic amines) is 1. The lowest BCUT2D eigenvalue weighted by molar-refractivity contribution is -0.146. The number of esters is 1. The molecule has 196 valence electrons. The number of amides is 1. The molecule has 1 saturated heterocycles. The fraction of sp³-hybridized carbons (Fsp3) is 0.241. The highest BCUT2D eigenvalue weighted by atomic mass is 35.5. The monoisotopic (exact) mass is 533 g/mol. The Hall–Kier alpha value is -4.01. The molecule has 3 aromatic carbocycles. The fourth-order valence-corrected chi connectivity index (χ4v) is 5.30. The molecule has 0 radical (unpaired) electrons. The Bertz CT molecular complexity index is 1490. The van der Waals surface area contributed by atoms with Crippen LogP contribution in [0.2, 0.25) is 5.02 Å². The van der Waals surface area contributed by atoms with Crippen LogP contribution in [0.3, 0.4) is 0 Å². The maximum atomic E-state index is 13.6. The Labute approximate surface area is 225 Å². The molecule has 1 aliphatic heterocycles. The lowest BCUT2D eigenvalue weighted by atomic mass is 10.0. The molecule has 0 bridgehead atoms. The maximum absolute atomic E-state index is 13.6. The number of nitrogens with one attached hydrogen (secondary N) is 2. The molecule has 1 fully saturated rings. The van der Waals surface area contributed by atoms with Gasteiger partial charge in [0.15, 0.2) is 11.5 Å². The minimum atomic E-state index is -0.537. The van der Waals surface area contributed by atoms with Gasteiger partial charge in [-0.25, -0.2) is 0 Å². The van der Waals surface area contributed by atoms with Gasteiger partial charge in [-0.2, -0.15) is 0 Å². The van der Waals surface area contributed by atoms with Crippen molar-refractivity contribution in [2.24, 2.45) is 0 Å². The molecule has 4 aromatic rings. The number of nitrogens with zero attached hydrogens (tertiary/aromatic N) is 1. The highest BCUT2D eigenvalue weighted by Gasteiger charge is 2.38. The second kappa shape index (κ2) is 10.8. The van der Waals surface area contributed by atoms with Crippen molar-refractivity contribution in [2.75, 3.05) is 20.8 Å². The van der Waals surface area contributed by atoms with E-state index in [-0.39, 0.29) is 23.7 Å². The molecule has 1 aromatic heterocycles. The van der Waals surface area contributed by atoms with E-state index >= 15 is 0 Å². The van der Waals surface area contributed by atoms with Crippen molar-refractivity contribution in [3.05, 3.63) is 83.0 Å². The molecule has 1 amide bonds. The van der Waals surface area contributed by atoms with Gasteiger partial charge in [0, 0.05) is 40.6 Å². The van der Waals surface area contributed by atoms with Crippen LogP contribution >= 0.6 is 11.6 Å². The van der Waals surface area contributed by atoms with E-state index in [1.54, 1.807) is 18.2 Å². The van der Waals surface area contributed by atoms with Crippen molar-refractivity contribution in [1.82, 2.24) is 15.2 Å². The normalized spacial score (nSPS) is 17.4. The number of hydrogen-bond acceptors (Lipinski definition) is 6. The molecular formula is C29H28ClN3O5. The van der Waals surface area contributed by atoms with Crippen LogP contribution in [0.1, 0.15) is 22.5 Å². The molecule has 0 unspecified atom stereocenters. The number of rotatable bonds is 7. The number of aromatic nitrogens is 1. The Morgan fingerprint density at radius 2 is 1.89 bits per heavy atom. The lowest BCUT2D eigenvalue weighted by Gasteiger charge is -2.22. The van der Waals surface area contributed by atoms with Gasteiger partial charge in [-0.3, -0.25) is 14.5 Å². The zero-order chi connectivity index (χ0) is 26.8. The summed E-state index contributed by atoms with van der Waals surface area (Å²) in [6.45, 7) is 0.828. The van der Waals surface area contributed by atoms with E-state index in [4.69, 9.17) is 21.1 Å². The lowest BCUT2D eigenvalue weighted by Crippen LogP contribution is -2.38. The SMILES string of the molecule is COC(=O)[C@@H]1C[C@@H](NC(=O)c2[nH]c3ccc(Cl)cc3c2-c2ccccc2)CN1Cc1ccc(OC)c(O)c1. The summed E-state index contributed by atoms with van der Waals surface area (Å²) in [5.41, 5.74) is 3.71. The first-order valence-corrected chi connectivity index (χ1v) is 12.6. The number of hydrogen-bond donors (Lipinski definition) is 3. The second-order valence-corrected chi connectivity index (χ2v) is 9.75. The van der Waals surface area contributed by atoms with Crippen molar-refractivity contribution < 1.29 is 24.2 Å². The molecule has 5 rings (SSSR count). The van der Waals surface area contributed by atoms with Crippen LogP contribution in [0.5, 0.6) is 11.5 Å². The number of ether oxygens (including phenoxy) is 2. The minimum absolute atomic E-state index is 0.0241. The number of halogens is 1. The third-order valence-electron chi connectivity index (χ3n) is 6.89. The second-order valence-electron chi connectivity index (χ2n) is 9.31. The van der Waals surface area contributed by atoms with Crippen molar-refractivity contribution in [3.8, 4) is 22.6 Å². The molecule has 3 N–H and O–H groups in total. The number of H-pyrrole nitrogens is 1. The van der Waals surface area contributed by atoms with Gasteiger partial charge in [-0.15, -0.1) is 0 Å². The van der Waals surface area contributed by atoms with E-state index in [9.17, 15) is 14.7 Å². The van der Waals surface area contributed by atoms with Gasteiger partial charge in [0.2, 0.25) is 0 Å². The molecule has 0 aliphatic carbocycles. The molecule has 8 nitrogen and oxygen atoms in total. The van der Waals surface area contributed by atoms with Gasteiger partial charge in [-0.05, 0) is 47.9 Å². The predicted octanol–water partition coefficient (Wildman–Crippen LogP) is 4.75. The van der Waals surface area contributed by atoms with E-state index in [1.807, 2.05) is 53.4 Å². The summed E-state index contributed by atoms with van der Waals surface area (Å²) < 4.78 is 10.2. The topological polar surface area (TPSA) is 104 Å². The number of aromatic amines is 1. The quantitative estimate of drug-likeness (QED) is 0.296. The Morgan fingerprint density at radius 3 is 2.61 bits per heavy atom. The number of fused-ring (bicyclic) bond motifs is 1. The average Bonchev–Trinajstić information content (AvgIpc) is 3.49. The number of benzene rings is 3. The largest absolute Gasteiger partial charge is 0.504 e. The summed E-state index contributed by atoms with van der Waals surface area (Å²) in [5, 5.41) is 14.7. The minimum Gasteiger partial charge on any atom is -0.504 e. The first-order chi connectivity index (χ1) is 18.4. The van der Waals surface area contributed by atoms with Crippen molar-refractivity contribution in [2.45, 2.75) is 25.0 Å². The van der Waals surface area contributed by atoms with Crippen LogP contribution in [0, 0.1) is 0 Å². The summed E-state index contributed by atoms with van der Waals surface area (Å²) in [7, 11) is 2.84. The number of carbonyl (C=O) groups excluding carboxylic acids is 2. The van der Waals surface area contributed by atoms with E-state index in [1.165, 1.54) is 14.2 Å². The Morgan fingerprint density at radius 1 is 1.11 bits per heavy atom. The first-order valence-electron chi connectivity index (χ1n) is 12.2. The van der Waals surface area contributed by atoms with Gasteiger partial charge in [-0.1, -0.05) is 48.0 Å². The van der Waals surface area contributed by atoms with Crippen molar-refractivity contribution in [1.29, 1.82) is 0 Å². The molecular weight excluding hydrogens is 506 g/mol. The third kappa shape index (κ3) is 5.05. The number of carbonyl (C=O) groups is 2. The zero-order valence-electron chi connectivity index (χ0n) is 21.0. The van der Waals surface area contributed by atoms with Gasteiger partial charge < -0.3 is 24.9 Å². The van der Waals surface area contributed by atoms with Crippen LogP contribution < -0.4 is 10.1 Å². The van der Waals surface area contributed by atoms with Crippen LogP contribution in [0.4, 0.5) is 0 Å². The van der Waals surface area contributed by atoms with Crippen LogP contribution in [-0.4, -0.2) is 59.7 Å². The molecule has 1 aliphatic rings. The zero-order valence-corrected chi connectivity index (χ0v) is 21.8. The third-order valence-corrected chi connectivity index (χ3v) is 7.13. The predicted molar refractivity (Wildman–Crippen MR) is 145 cm³/mol. The smallest absolute Gasteiger partial charge is 0.323 e. The maximum Gasteiger partial charge on any atom is 0.323 e. The van der Waals surface area contributed by atoms with Gasteiger partial charge in [0.05, 0.1) is 14.2 Å². The average molecular weight is 534 g/mol. The molecule has 38 heavy (non-hydrogen) atoms. The fourth-order valence-electron chi connectivity index (χ4n) is 5.13. The van der Waals surface area contributed by atoms with E-state index in [0.717, 1.165) is 27.6 Å². The summed E-state index contributed by atoms with van der Waals surface area (Å²) in [6, 6.07) is 19.5. The van der Waals surface area contributed by atoms with E-state index < -0.39 is 6.04 Å². The highest BCUT2D eigenvalue weighted by molar-refractivity contribution is 6.31. The van der Waals surface area contributed by atoms with Gasteiger partial charge >= 0.3 is 5.97 Å². The van der Waals surface area contributed by atoms with Gasteiger partial charge in [0.1, 0.15) is 11.7 Å². The Kier molecular flexibility index (Phi) is 7.26. The Balaban J connectivity index is 1.40. The number of methoxy groups -OCH3 is 2. The van der Waals surface area contributed by atoms with E-state index in [2.05, 4.69) is 10.3 Å². The van der Waals surface area contributed by atoms with Crippen molar-refractivity contribution in [3.63, 3.8) is 0 Å².